The number of guanidine groups is 1. The van der Waals surface area contributed by atoms with Gasteiger partial charge >= 0.3 is 0 Å². The number of nitrogens with zero attached hydrogens (tertiary/aromatic N) is 3. The maximum Gasteiger partial charge on any atom is 0.264 e. The molecule has 0 amide bonds. The van der Waals surface area contributed by atoms with Crippen molar-refractivity contribution >= 4 is 27.5 Å². The number of amidine groups is 1. The Kier molecular flexibility index (Phi) is 8.06. The minimum Gasteiger partial charge on any atom is -0.490 e. The van der Waals surface area contributed by atoms with Crippen molar-refractivity contribution in [2.75, 3.05) is 30.5 Å². The highest BCUT2D eigenvalue weighted by atomic mass is 32.2. The van der Waals surface area contributed by atoms with Crippen molar-refractivity contribution in [3.63, 3.8) is 0 Å². The molecular formula is C27H36N6O3S. The predicted molar refractivity (Wildman–Crippen MR) is 147 cm³/mol. The van der Waals surface area contributed by atoms with Crippen LogP contribution in [-0.2, 0) is 23.0 Å². The molecule has 10 heteroatoms. The Labute approximate surface area is 219 Å². The summed E-state index contributed by atoms with van der Waals surface area (Å²) >= 11 is 0. The van der Waals surface area contributed by atoms with E-state index in [0.717, 1.165) is 49.9 Å². The second-order valence-corrected chi connectivity index (χ2v) is 11.3. The molecule has 0 unspecified atom stereocenters. The van der Waals surface area contributed by atoms with Gasteiger partial charge in [0.05, 0.1) is 23.0 Å². The van der Waals surface area contributed by atoms with E-state index in [1.165, 1.54) is 4.31 Å². The van der Waals surface area contributed by atoms with E-state index in [-0.39, 0.29) is 23.5 Å². The van der Waals surface area contributed by atoms with Gasteiger partial charge in [0.1, 0.15) is 11.9 Å². The van der Waals surface area contributed by atoms with Gasteiger partial charge in [-0.2, -0.15) is 0 Å². The molecule has 198 valence electrons. The number of hydrogen-bond donors (Lipinski definition) is 3. The van der Waals surface area contributed by atoms with Gasteiger partial charge in [0.15, 0.2) is 5.96 Å². The lowest BCUT2D eigenvalue weighted by molar-refractivity contribution is 0.130. The summed E-state index contributed by atoms with van der Waals surface area (Å²) in [5.41, 5.74) is 8.33. The number of hydrogen-bond acceptors (Lipinski definition) is 5. The number of fused-ring (bicyclic) bond motifs is 1. The van der Waals surface area contributed by atoms with E-state index in [4.69, 9.17) is 21.3 Å². The van der Waals surface area contributed by atoms with Crippen molar-refractivity contribution in [1.29, 1.82) is 10.8 Å². The summed E-state index contributed by atoms with van der Waals surface area (Å²) in [5, 5.41) is 15.7. The summed E-state index contributed by atoms with van der Waals surface area (Å²) in [6.07, 6.45) is 4.76. The van der Waals surface area contributed by atoms with E-state index in [1.807, 2.05) is 25.1 Å². The molecule has 2 aromatic rings. The van der Waals surface area contributed by atoms with Crippen molar-refractivity contribution < 1.29 is 13.2 Å². The van der Waals surface area contributed by atoms with Gasteiger partial charge in [-0.05, 0) is 53.9 Å². The minimum atomic E-state index is -3.85. The van der Waals surface area contributed by atoms with Crippen LogP contribution in [-0.4, -0.2) is 62.3 Å². The molecule has 2 aromatic carbocycles. The number of nitrogens with one attached hydrogen (secondary N) is 2. The van der Waals surface area contributed by atoms with Crippen LogP contribution in [0.15, 0.2) is 60.0 Å². The Morgan fingerprint density at radius 2 is 1.81 bits per heavy atom. The van der Waals surface area contributed by atoms with Gasteiger partial charge in [-0.25, -0.2) is 8.42 Å². The maximum absolute atomic E-state index is 13.6. The average Bonchev–Trinajstić information content (AvgIpc) is 2.91. The summed E-state index contributed by atoms with van der Waals surface area (Å²) in [5.74, 6) is 1.31. The third kappa shape index (κ3) is 5.90. The fourth-order valence-electron chi connectivity index (χ4n) is 4.84. The number of nitrogens with two attached hydrogens (primary N) is 1. The third-order valence-electron chi connectivity index (χ3n) is 7.00. The van der Waals surface area contributed by atoms with Crippen molar-refractivity contribution in [1.82, 2.24) is 9.80 Å². The zero-order valence-corrected chi connectivity index (χ0v) is 22.1. The zero-order chi connectivity index (χ0) is 26.6. The second kappa shape index (κ2) is 11.2. The van der Waals surface area contributed by atoms with Crippen LogP contribution in [0.2, 0.25) is 0 Å². The summed E-state index contributed by atoms with van der Waals surface area (Å²) < 4.78 is 34.7. The molecule has 1 saturated heterocycles. The molecule has 1 fully saturated rings. The normalized spacial score (nSPS) is 16.1. The lowest BCUT2D eigenvalue weighted by atomic mass is 9.99. The molecule has 37 heavy (non-hydrogen) atoms. The van der Waals surface area contributed by atoms with E-state index in [1.54, 1.807) is 35.2 Å². The van der Waals surface area contributed by atoms with Gasteiger partial charge < -0.3 is 20.3 Å². The molecule has 4 N–H and O–H groups in total. The summed E-state index contributed by atoms with van der Waals surface area (Å²) in [4.78, 5) is 4.03. The average molecular weight is 525 g/mol. The number of ether oxygens (including phenoxy) is 1. The van der Waals surface area contributed by atoms with Crippen LogP contribution in [0.3, 0.4) is 0 Å². The molecule has 0 saturated carbocycles. The predicted octanol–water partition coefficient (Wildman–Crippen LogP) is 3.55. The van der Waals surface area contributed by atoms with Crippen molar-refractivity contribution in [3.05, 3.63) is 66.2 Å². The van der Waals surface area contributed by atoms with Crippen LogP contribution in [0, 0.1) is 10.8 Å². The molecule has 2 aliphatic rings. The number of rotatable bonds is 8. The van der Waals surface area contributed by atoms with E-state index in [2.05, 4.69) is 11.5 Å². The molecule has 4 rings (SSSR count). The first kappa shape index (κ1) is 26.5. The fourth-order valence-corrected chi connectivity index (χ4v) is 6.27. The molecule has 0 aromatic heterocycles. The Morgan fingerprint density at radius 3 is 2.43 bits per heavy atom. The van der Waals surface area contributed by atoms with Crippen molar-refractivity contribution in [2.45, 2.75) is 50.2 Å². The zero-order valence-electron chi connectivity index (χ0n) is 21.3. The van der Waals surface area contributed by atoms with Crippen molar-refractivity contribution in [2.24, 2.45) is 5.73 Å². The summed E-state index contributed by atoms with van der Waals surface area (Å²) in [6, 6.07) is 12.2. The van der Waals surface area contributed by atoms with E-state index in [0.29, 0.717) is 30.4 Å². The quantitative estimate of drug-likeness (QED) is 0.275. The highest BCUT2D eigenvalue weighted by Crippen LogP contribution is 2.30. The van der Waals surface area contributed by atoms with Crippen LogP contribution in [0.5, 0.6) is 5.75 Å². The maximum atomic E-state index is 13.6. The van der Waals surface area contributed by atoms with E-state index >= 15 is 0 Å². The monoisotopic (exact) mass is 524 g/mol. The second-order valence-electron chi connectivity index (χ2n) is 9.41. The molecular weight excluding hydrogens is 488 g/mol. The smallest absolute Gasteiger partial charge is 0.264 e. The van der Waals surface area contributed by atoms with E-state index < -0.39 is 10.0 Å². The Morgan fingerprint density at radius 1 is 1.11 bits per heavy atom. The fraction of sp³-hybridized carbons (Fsp3) is 0.407. The third-order valence-corrected chi connectivity index (χ3v) is 8.81. The van der Waals surface area contributed by atoms with Gasteiger partial charge in [0, 0.05) is 45.4 Å². The first-order valence-corrected chi connectivity index (χ1v) is 14.1. The summed E-state index contributed by atoms with van der Waals surface area (Å²) in [6.45, 7) is 8.62. The Hall–Kier alpha value is -3.53. The highest BCUT2D eigenvalue weighted by Gasteiger charge is 2.27. The van der Waals surface area contributed by atoms with Gasteiger partial charge in [0.2, 0.25) is 0 Å². The number of sulfonamides is 1. The number of piperidine rings is 1. The topological polar surface area (TPSA) is 127 Å². The van der Waals surface area contributed by atoms with Crippen molar-refractivity contribution in [3.8, 4) is 5.75 Å². The largest absolute Gasteiger partial charge is 0.490 e. The summed E-state index contributed by atoms with van der Waals surface area (Å²) in [7, 11) is -3.85. The van der Waals surface area contributed by atoms with Crippen LogP contribution < -0.4 is 14.8 Å². The van der Waals surface area contributed by atoms with Gasteiger partial charge in [0.25, 0.3) is 10.0 Å². The lowest BCUT2D eigenvalue weighted by Gasteiger charge is -2.33. The molecule has 0 aliphatic carbocycles. The van der Waals surface area contributed by atoms with Gasteiger partial charge in [-0.1, -0.05) is 19.1 Å². The van der Waals surface area contributed by atoms with Crippen LogP contribution in [0.25, 0.3) is 0 Å². The molecule has 0 atom stereocenters. The van der Waals surface area contributed by atoms with E-state index in [9.17, 15) is 8.42 Å². The number of likely N-dealkylation sites (tertiary alicyclic amines) is 1. The van der Waals surface area contributed by atoms with Gasteiger partial charge in [-0.3, -0.25) is 15.1 Å². The minimum absolute atomic E-state index is 0.0138. The lowest BCUT2D eigenvalue weighted by Crippen LogP contribution is -2.41. The first-order valence-electron chi connectivity index (χ1n) is 12.7. The van der Waals surface area contributed by atoms with Gasteiger partial charge in [-0.15, -0.1) is 6.58 Å². The standard InChI is InChI=1S/C27H36N6O3S/c1-3-14-33(22-6-5-20-11-15-32(27(29)30)19-21(20)18-22)37(34,35)25-9-7-23(8-10-25)36-24-12-16-31(17-13-24)26(28)4-2/h3,5-10,18,24,28H,1,4,11-17,19H2,2H3,(H3,29,30). The molecule has 0 bridgehead atoms. The highest BCUT2D eigenvalue weighted by molar-refractivity contribution is 7.92. The van der Waals surface area contributed by atoms with Crippen LogP contribution in [0.4, 0.5) is 5.69 Å². The van der Waals surface area contributed by atoms with Crippen LogP contribution in [0.1, 0.15) is 37.3 Å². The van der Waals surface area contributed by atoms with Crippen LogP contribution >= 0.6 is 0 Å². The Bertz CT molecular complexity index is 1250. The molecule has 2 heterocycles. The first-order chi connectivity index (χ1) is 17.7. The SMILES string of the molecule is C=CCN(c1ccc2c(c1)CN(C(=N)N)CC2)S(=O)(=O)c1ccc(OC2CCN(C(=N)CC)CC2)cc1. The number of benzene rings is 2. The molecule has 0 radical (unpaired) electrons. The molecule has 9 nitrogen and oxygen atoms in total. The molecule has 0 spiro atoms. The Balaban J connectivity index is 1.49. The molecule has 2 aliphatic heterocycles. The number of anilines is 1.